The van der Waals surface area contributed by atoms with Crippen molar-refractivity contribution in [2.24, 2.45) is 0 Å². The number of hydrogen-bond donors (Lipinski definition) is 1. The summed E-state index contributed by atoms with van der Waals surface area (Å²) < 4.78 is 46.0. The quantitative estimate of drug-likeness (QED) is 0.768. The molecule has 3 aromatic rings. The number of nitrogens with one attached hydrogen (secondary N) is 1. The van der Waals surface area contributed by atoms with Crippen LogP contribution in [-0.4, -0.2) is 24.3 Å². The summed E-state index contributed by atoms with van der Waals surface area (Å²) in [7, 11) is -3.88. The molecule has 3 heterocycles. The van der Waals surface area contributed by atoms with Crippen LogP contribution in [0.2, 0.25) is 0 Å². The summed E-state index contributed by atoms with van der Waals surface area (Å²) in [5, 5.41) is 0.197. The Hall–Kier alpha value is -2.45. The van der Waals surface area contributed by atoms with Crippen molar-refractivity contribution < 1.29 is 17.2 Å². The Balaban J connectivity index is 1.81. The lowest BCUT2D eigenvalue weighted by Crippen LogP contribution is -2.38. The van der Waals surface area contributed by atoms with Gasteiger partial charge in [0, 0.05) is 30.2 Å². The summed E-state index contributed by atoms with van der Waals surface area (Å²) in [6.07, 6.45) is 3.26. The van der Waals surface area contributed by atoms with Gasteiger partial charge in [0.05, 0.1) is 11.2 Å². The lowest BCUT2D eigenvalue weighted by atomic mass is 10.0. The van der Waals surface area contributed by atoms with Crippen molar-refractivity contribution in [1.82, 2.24) is 9.29 Å². The van der Waals surface area contributed by atoms with Crippen LogP contribution in [0.4, 0.5) is 4.39 Å². The molecule has 0 saturated carbocycles. The maximum absolute atomic E-state index is 13.7. The summed E-state index contributed by atoms with van der Waals surface area (Å²) >= 11 is 0. The molecule has 1 aromatic carbocycles. The van der Waals surface area contributed by atoms with Crippen LogP contribution in [0.25, 0.3) is 11.0 Å². The topological polar surface area (TPSA) is 83.4 Å². The van der Waals surface area contributed by atoms with Crippen LogP contribution in [0.3, 0.4) is 0 Å². The van der Waals surface area contributed by atoms with E-state index in [2.05, 4.69) is 4.98 Å². The number of halogens is 1. The largest absolute Gasteiger partial charge is 0.461 e. The molecule has 4 rings (SSSR count). The molecule has 124 valence electrons. The highest BCUT2D eigenvalue weighted by Crippen LogP contribution is 2.30. The van der Waals surface area contributed by atoms with E-state index in [9.17, 15) is 17.6 Å². The first-order valence-corrected chi connectivity index (χ1v) is 8.78. The molecule has 1 N–H and O–H groups in total. The molecule has 0 bridgehead atoms. The Morgan fingerprint density at radius 1 is 1.21 bits per heavy atom. The zero-order valence-electron chi connectivity index (χ0n) is 12.5. The minimum atomic E-state index is -3.88. The van der Waals surface area contributed by atoms with E-state index in [1.54, 1.807) is 12.3 Å². The second kappa shape index (κ2) is 5.29. The summed E-state index contributed by atoms with van der Waals surface area (Å²) in [4.78, 5) is 14.5. The van der Waals surface area contributed by atoms with Crippen LogP contribution >= 0.6 is 0 Å². The fraction of sp³-hybridized carbons (Fsp3) is 0.188. The van der Waals surface area contributed by atoms with Gasteiger partial charge >= 0.3 is 0 Å². The number of furan rings is 1. The summed E-state index contributed by atoms with van der Waals surface area (Å²) in [6.45, 7) is 0.250. The maximum Gasteiger partial charge on any atom is 0.252 e. The fourth-order valence-electron chi connectivity index (χ4n) is 3.03. The van der Waals surface area contributed by atoms with Gasteiger partial charge < -0.3 is 9.40 Å². The zero-order valence-corrected chi connectivity index (χ0v) is 13.3. The number of fused-ring (bicyclic) bond motifs is 2. The lowest BCUT2D eigenvalue weighted by Gasteiger charge is -2.27. The summed E-state index contributed by atoms with van der Waals surface area (Å²) in [5.41, 5.74) is 0.905. The molecule has 0 aliphatic carbocycles. The van der Waals surface area contributed by atoms with E-state index in [4.69, 9.17) is 4.42 Å². The van der Waals surface area contributed by atoms with E-state index in [0.717, 1.165) is 11.6 Å². The first-order valence-electron chi connectivity index (χ1n) is 7.34. The molecular formula is C16H13FN2O4S. The molecule has 0 atom stereocenters. The third-order valence-electron chi connectivity index (χ3n) is 4.27. The van der Waals surface area contributed by atoms with Crippen molar-refractivity contribution in [1.29, 1.82) is 0 Å². The Bertz CT molecular complexity index is 1100. The first-order chi connectivity index (χ1) is 11.5. The van der Waals surface area contributed by atoms with E-state index in [1.807, 2.05) is 0 Å². The summed E-state index contributed by atoms with van der Waals surface area (Å²) in [5.74, 6) is -0.616. The number of H-pyrrole nitrogens is 1. The number of sulfonamides is 1. The third kappa shape index (κ3) is 2.18. The van der Waals surface area contributed by atoms with E-state index in [-0.39, 0.29) is 34.5 Å². The van der Waals surface area contributed by atoms with Crippen LogP contribution in [0.15, 0.2) is 50.8 Å². The SMILES string of the molecule is O=c1[nH]ccc2c1CN(S(=O)(=O)c1ccc(F)c3occc13)CC2. The van der Waals surface area contributed by atoms with Gasteiger partial charge in [-0.15, -0.1) is 0 Å². The van der Waals surface area contributed by atoms with Crippen LogP contribution in [0, 0.1) is 5.82 Å². The fourth-order valence-corrected chi connectivity index (χ4v) is 4.62. The first kappa shape index (κ1) is 15.1. The Morgan fingerprint density at radius 3 is 2.88 bits per heavy atom. The number of benzene rings is 1. The molecule has 0 radical (unpaired) electrons. The Labute approximate surface area is 136 Å². The van der Waals surface area contributed by atoms with Crippen molar-refractivity contribution >= 4 is 21.0 Å². The number of rotatable bonds is 2. The van der Waals surface area contributed by atoms with Gasteiger partial charge in [0.2, 0.25) is 10.0 Å². The highest BCUT2D eigenvalue weighted by molar-refractivity contribution is 7.89. The van der Waals surface area contributed by atoms with Crippen molar-refractivity contribution in [2.75, 3.05) is 6.54 Å². The third-order valence-corrected chi connectivity index (χ3v) is 6.18. The number of pyridine rings is 1. The van der Waals surface area contributed by atoms with Gasteiger partial charge in [-0.2, -0.15) is 4.31 Å². The van der Waals surface area contributed by atoms with Crippen molar-refractivity contribution in [2.45, 2.75) is 17.9 Å². The number of aromatic amines is 1. The molecule has 0 spiro atoms. The van der Waals surface area contributed by atoms with Gasteiger partial charge in [-0.1, -0.05) is 0 Å². The van der Waals surface area contributed by atoms with Gasteiger partial charge in [0.25, 0.3) is 5.56 Å². The van der Waals surface area contributed by atoms with E-state index < -0.39 is 15.8 Å². The molecule has 1 aliphatic rings. The molecule has 0 fully saturated rings. The van der Waals surface area contributed by atoms with Crippen LogP contribution in [0.5, 0.6) is 0 Å². The van der Waals surface area contributed by atoms with Gasteiger partial charge in [0.15, 0.2) is 11.4 Å². The minimum absolute atomic E-state index is 0.00936. The number of aromatic nitrogens is 1. The normalized spacial score (nSPS) is 15.5. The molecule has 0 unspecified atom stereocenters. The van der Waals surface area contributed by atoms with Gasteiger partial charge in [-0.05, 0) is 36.2 Å². The van der Waals surface area contributed by atoms with Crippen molar-refractivity contribution in [3.63, 3.8) is 0 Å². The molecular weight excluding hydrogens is 335 g/mol. The minimum Gasteiger partial charge on any atom is -0.461 e. The number of hydrogen-bond acceptors (Lipinski definition) is 4. The predicted molar refractivity (Wildman–Crippen MR) is 84.5 cm³/mol. The standard InChI is InChI=1S/C16H13FN2O4S/c17-13-1-2-14(11-5-8-23-15(11)13)24(21,22)19-7-4-10-3-6-18-16(20)12(10)9-19/h1-3,5-6,8H,4,7,9H2,(H,18,20). The average Bonchev–Trinajstić information content (AvgIpc) is 3.05. The maximum atomic E-state index is 13.7. The monoisotopic (exact) mass is 348 g/mol. The molecule has 6 nitrogen and oxygen atoms in total. The zero-order chi connectivity index (χ0) is 16.9. The molecule has 8 heteroatoms. The Kier molecular flexibility index (Phi) is 3.33. The smallest absolute Gasteiger partial charge is 0.252 e. The van der Waals surface area contributed by atoms with Gasteiger partial charge in [-0.25, -0.2) is 12.8 Å². The average molecular weight is 348 g/mol. The molecule has 2 aromatic heterocycles. The highest BCUT2D eigenvalue weighted by Gasteiger charge is 2.31. The predicted octanol–water partition coefficient (Wildman–Crippen LogP) is 2.01. The second-order valence-electron chi connectivity index (χ2n) is 5.61. The van der Waals surface area contributed by atoms with E-state index in [1.165, 1.54) is 22.7 Å². The molecule has 0 saturated heterocycles. The number of nitrogens with zero attached hydrogens (tertiary/aromatic N) is 1. The van der Waals surface area contributed by atoms with Crippen LogP contribution in [0.1, 0.15) is 11.1 Å². The Morgan fingerprint density at radius 2 is 2.04 bits per heavy atom. The van der Waals surface area contributed by atoms with E-state index in [0.29, 0.717) is 12.0 Å². The summed E-state index contributed by atoms with van der Waals surface area (Å²) in [6, 6.07) is 5.51. The molecule has 24 heavy (non-hydrogen) atoms. The lowest BCUT2D eigenvalue weighted by molar-refractivity contribution is 0.389. The van der Waals surface area contributed by atoms with Gasteiger partial charge in [0.1, 0.15) is 0 Å². The van der Waals surface area contributed by atoms with Crippen LogP contribution < -0.4 is 5.56 Å². The van der Waals surface area contributed by atoms with Gasteiger partial charge in [-0.3, -0.25) is 4.79 Å². The van der Waals surface area contributed by atoms with Crippen LogP contribution in [-0.2, 0) is 23.0 Å². The van der Waals surface area contributed by atoms with Crippen molar-refractivity contribution in [3.8, 4) is 0 Å². The van der Waals surface area contributed by atoms with Crippen molar-refractivity contribution in [3.05, 3.63) is 64.0 Å². The highest BCUT2D eigenvalue weighted by atomic mass is 32.2. The molecule has 1 aliphatic heterocycles. The molecule has 0 amide bonds. The van der Waals surface area contributed by atoms with E-state index >= 15 is 0 Å². The second-order valence-corrected chi connectivity index (χ2v) is 7.51.